The van der Waals surface area contributed by atoms with Gasteiger partial charge in [-0.05, 0) is 24.9 Å². The molecule has 2 nitrogen and oxygen atoms in total. The van der Waals surface area contributed by atoms with Crippen LogP contribution in [0.3, 0.4) is 0 Å². The molecule has 0 spiro atoms. The summed E-state index contributed by atoms with van der Waals surface area (Å²) in [6, 6.07) is 10.3. The van der Waals surface area contributed by atoms with Crippen LogP contribution in [0.25, 0.3) is 0 Å². The summed E-state index contributed by atoms with van der Waals surface area (Å²) >= 11 is 0. The lowest BCUT2D eigenvalue weighted by Gasteiger charge is -2.03. The lowest BCUT2D eigenvalue weighted by molar-refractivity contribution is 0.297. The quantitative estimate of drug-likeness (QED) is 0.645. The van der Waals surface area contributed by atoms with Crippen LogP contribution in [0.1, 0.15) is 12.0 Å². The van der Waals surface area contributed by atoms with E-state index in [2.05, 4.69) is 17.4 Å². The van der Waals surface area contributed by atoms with Gasteiger partial charge in [-0.1, -0.05) is 30.3 Å². The number of unbranched alkanes of at least 4 members (excludes halogenated alkanes) is 1. The summed E-state index contributed by atoms with van der Waals surface area (Å²) in [7, 11) is 0. The van der Waals surface area contributed by atoms with Crippen LogP contribution in [0.2, 0.25) is 0 Å². The third-order valence-electron chi connectivity index (χ3n) is 1.79. The number of aliphatic hydroxyl groups is 1. The maximum absolute atomic E-state index is 8.52. The van der Waals surface area contributed by atoms with E-state index in [1.807, 2.05) is 24.6 Å². The van der Waals surface area contributed by atoms with E-state index in [-0.39, 0.29) is 6.61 Å². The minimum absolute atomic E-state index is 0.243. The Balaban J connectivity index is 2.07. The third kappa shape index (κ3) is 4.65. The molecule has 0 aliphatic heterocycles. The Morgan fingerprint density at radius 3 is 2.69 bits per heavy atom. The average molecular weight is 178 g/mol. The largest absolute Gasteiger partial charge is 0.396 e. The summed E-state index contributed by atoms with van der Waals surface area (Å²) in [5.41, 5.74) is 1.29. The number of rotatable bonds is 6. The zero-order chi connectivity index (χ0) is 9.36. The van der Waals surface area contributed by atoms with Crippen molar-refractivity contribution in [2.45, 2.75) is 13.0 Å². The Hall–Kier alpha value is -0.860. The van der Waals surface area contributed by atoms with Gasteiger partial charge in [0.15, 0.2) is 0 Å². The number of hydrogen-bond donors (Lipinski definition) is 2. The minimum atomic E-state index is 0.243. The molecule has 0 aliphatic carbocycles. The Labute approximate surface area is 79.6 Å². The normalized spacial score (nSPS) is 10.2. The molecule has 0 amide bonds. The van der Waals surface area contributed by atoms with Gasteiger partial charge in [-0.25, -0.2) is 0 Å². The van der Waals surface area contributed by atoms with E-state index in [9.17, 15) is 0 Å². The van der Waals surface area contributed by atoms with Crippen LogP contribution in [-0.4, -0.2) is 18.3 Å². The van der Waals surface area contributed by atoms with Gasteiger partial charge >= 0.3 is 0 Å². The van der Waals surface area contributed by atoms with Crippen LogP contribution in [0.15, 0.2) is 30.3 Å². The maximum Gasteiger partial charge on any atom is 0.0434 e. The SMILES string of the molecule is OCC[CH]CNCc1ccccc1. The minimum Gasteiger partial charge on any atom is -0.396 e. The van der Waals surface area contributed by atoms with Crippen molar-refractivity contribution in [3.05, 3.63) is 42.3 Å². The molecule has 0 heterocycles. The van der Waals surface area contributed by atoms with Gasteiger partial charge in [0.25, 0.3) is 0 Å². The molecule has 0 unspecified atom stereocenters. The first-order valence-corrected chi connectivity index (χ1v) is 4.60. The van der Waals surface area contributed by atoms with Gasteiger partial charge in [0, 0.05) is 13.2 Å². The summed E-state index contributed by atoms with van der Waals surface area (Å²) in [6.07, 6.45) is 2.81. The van der Waals surface area contributed by atoms with Crippen molar-refractivity contribution >= 4 is 0 Å². The molecule has 1 aromatic rings. The van der Waals surface area contributed by atoms with E-state index in [1.165, 1.54) is 5.56 Å². The molecular weight excluding hydrogens is 162 g/mol. The molecule has 0 saturated carbocycles. The molecule has 1 aromatic carbocycles. The van der Waals surface area contributed by atoms with Crippen LogP contribution in [-0.2, 0) is 6.54 Å². The molecular formula is C11H16NO. The lowest BCUT2D eigenvalue weighted by Crippen LogP contribution is -2.15. The molecule has 2 N–H and O–H groups in total. The lowest BCUT2D eigenvalue weighted by atomic mass is 10.2. The number of benzene rings is 1. The van der Waals surface area contributed by atoms with E-state index in [1.54, 1.807) is 0 Å². The summed E-state index contributed by atoms with van der Waals surface area (Å²) in [4.78, 5) is 0. The first kappa shape index (κ1) is 10.2. The molecule has 1 rings (SSSR count). The van der Waals surface area contributed by atoms with Crippen LogP contribution >= 0.6 is 0 Å². The smallest absolute Gasteiger partial charge is 0.0434 e. The highest BCUT2D eigenvalue weighted by Crippen LogP contribution is 1.96. The zero-order valence-corrected chi connectivity index (χ0v) is 7.74. The average Bonchev–Trinajstić information content (AvgIpc) is 2.19. The fourth-order valence-corrected chi connectivity index (χ4v) is 1.11. The topological polar surface area (TPSA) is 32.3 Å². The predicted octanol–water partition coefficient (Wildman–Crippen LogP) is 1.36. The van der Waals surface area contributed by atoms with Gasteiger partial charge in [-0.2, -0.15) is 0 Å². The first-order chi connectivity index (χ1) is 6.43. The molecule has 0 atom stereocenters. The Morgan fingerprint density at radius 1 is 1.23 bits per heavy atom. The highest BCUT2D eigenvalue weighted by atomic mass is 16.2. The fraction of sp³-hybridized carbons (Fsp3) is 0.364. The maximum atomic E-state index is 8.52. The summed E-state index contributed by atoms with van der Waals surface area (Å²) in [5, 5.41) is 11.8. The van der Waals surface area contributed by atoms with Crippen LogP contribution in [0, 0.1) is 6.42 Å². The predicted molar refractivity (Wildman–Crippen MR) is 54.2 cm³/mol. The second-order valence-corrected chi connectivity index (χ2v) is 2.92. The van der Waals surface area contributed by atoms with Crippen molar-refractivity contribution in [1.82, 2.24) is 5.32 Å². The van der Waals surface area contributed by atoms with Crippen LogP contribution in [0.4, 0.5) is 0 Å². The van der Waals surface area contributed by atoms with Crippen molar-refractivity contribution in [1.29, 1.82) is 0 Å². The number of aliphatic hydroxyl groups excluding tert-OH is 1. The standard InChI is InChI=1S/C11H16NO/c13-9-5-4-8-12-10-11-6-2-1-3-7-11/h1-4,6-7,12-13H,5,8-10H2. The second kappa shape index (κ2) is 6.63. The van der Waals surface area contributed by atoms with Gasteiger partial charge in [0.05, 0.1) is 0 Å². The third-order valence-corrected chi connectivity index (χ3v) is 1.79. The number of hydrogen-bond acceptors (Lipinski definition) is 2. The second-order valence-electron chi connectivity index (χ2n) is 2.92. The van der Waals surface area contributed by atoms with Gasteiger partial charge < -0.3 is 10.4 Å². The van der Waals surface area contributed by atoms with E-state index in [0.717, 1.165) is 19.5 Å². The molecule has 0 bridgehead atoms. The molecule has 0 fully saturated rings. The molecule has 71 valence electrons. The monoisotopic (exact) mass is 178 g/mol. The van der Waals surface area contributed by atoms with E-state index in [0.29, 0.717) is 0 Å². The van der Waals surface area contributed by atoms with Crippen LogP contribution in [0.5, 0.6) is 0 Å². The van der Waals surface area contributed by atoms with E-state index >= 15 is 0 Å². The van der Waals surface area contributed by atoms with E-state index < -0.39 is 0 Å². The van der Waals surface area contributed by atoms with Gasteiger partial charge in [-0.3, -0.25) is 0 Å². The first-order valence-electron chi connectivity index (χ1n) is 4.60. The molecule has 0 aromatic heterocycles. The summed E-state index contributed by atoms with van der Waals surface area (Å²) in [5.74, 6) is 0. The van der Waals surface area contributed by atoms with Crippen molar-refractivity contribution in [2.75, 3.05) is 13.2 Å². The van der Waals surface area contributed by atoms with Crippen molar-refractivity contribution < 1.29 is 5.11 Å². The molecule has 0 aliphatic rings. The molecule has 1 radical (unpaired) electrons. The molecule has 2 heteroatoms. The van der Waals surface area contributed by atoms with Gasteiger partial charge in [0.1, 0.15) is 0 Å². The highest BCUT2D eigenvalue weighted by molar-refractivity contribution is 5.14. The Bertz CT molecular complexity index is 211. The number of nitrogens with one attached hydrogen (secondary N) is 1. The Kier molecular flexibility index (Phi) is 5.22. The fourth-order valence-electron chi connectivity index (χ4n) is 1.11. The zero-order valence-electron chi connectivity index (χ0n) is 7.74. The molecule has 13 heavy (non-hydrogen) atoms. The Morgan fingerprint density at radius 2 is 2.00 bits per heavy atom. The highest BCUT2D eigenvalue weighted by Gasteiger charge is 1.90. The van der Waals surface area contributed by atoms with Crippen LogP contribution < -0.4 is 5.32 Å². The molecule has 0 saturated heterocycles. The summed E-state index contributed by atoms with van der Waals surface area (Å²) < 4.78 is 0. The van der Waals surface area contributed by atoms with Crippen molar-refractivity contribution in [3.63, 3.8) is 0 Å². The van der Waals surface area contributed by atoms with Crippen molar-refractivity contribution in [3.8, 4) is 0 Å². The van der Waals surface area contributed by atoms with Gasteiger partial charge in [-0.15, -0.1) is 0 Å². The summed E-state index contributed by atoms with van der Waals surface area (Å²) in [6.45, 7) is 1.99. The van der Waals surface area contributed by atoms with Crippen molar-refractivity contribution in [2.24, 2.45) is 0 Å². The van der Waals surface area contributed by atoms with E-state index in [4.69, 9.17) is 5.11 Å². The van der Waals surface area contributed by atoms with Gasteiger partial charge in [0.2, 0.25) is 0 Å².